The van der Waals surface area contributed by atoms with Crippen molar-refractivity contribution in [2.24, 2.45) is 0 Å². The van der Waals surface area contributed by atoms with Crippen molar-refractivity contribution in [3.05, 3.63) is 87.7 Å². The first-order valence-corrected chi connectivity index (χ1v) is 9.59. The van der Waals surface area contributed by atoms with Gasteiger partial charge in [0.15, 0.2) is 0 Å². The van der Waals surface area contributed by atoms with Crippen molar-refractivity contribution >= 4 is 11.6 Å². The molecule has 0 aliphatic heterocycles. The van der Waals surface area contributed by atoms with Gasteiger partial charge in [0.25, 0.3) is 5.91 Å². The first-order chi connectivity index (χ1) is 15.3. The van der Waals surface area contributed by atoms with Crippen molar-refractivity contribution in [1.29, 1.82) is 0 Å². The van der Waals surface area contributed by atoms with Crippen LogP contribution in [0.15, 0.2) is 48.8 Å². The first-order valence-electron chi connectivity index (χ1n) is 9.59. The number of hydrogen-bond acceptors (Lipinski definition) is 3. The summed E-state index contributed by atoms with van der Waals surface area (Å²) in [6.45, 7) is 3.17. The summed E-state index contributed by atoms with van der Waals surface area (Å²) in [4.78, 5) is 16.2. The fourth-order valence-electron chi connectivity index (χ4n) is 3.33. The lowest BCUT2D eigenvalue weighted by Gasteiger charge is -2.18. The monoisotopic (exact) mass is 468 g/mol. The Labute approximate surface area is 184 Å². The van der Waals surface area contributed by atoms with Crippen LogP contribution in [0.4, 0.5) is 32.0 Å². The predicted octanol–water partition coefficient (Wildman–Crippen LogP) is 6.28. The molecule has 0 saturated heterocycles. The predicted molar refractivity (Wildman–Crippen MR) is 109 cm³/mol. The van der Waals surface area contributed by atoms with Crippen LogP contribution in [0.2, 0.25) is 0 Å². The van der Waals surface area contributed by atoms with Crippen LogP contribution in [0.1, 0.15) is 43.7 Å². The zero-order valence-corrected chi connectivity index (χ0v) is 17.4. The molecular formula is C23H18F6N2O2. The number of alkyl halides is 6. The van der Waals surface area contributed by atoms with Gasteiger partial charge in [-0.25, -0.2) is 0 Å². The van der Waals surface area contributed by atoms with E-state index in [9.17, 15) is 36.2 Å². The highest BCUT2D eigenvalue weighted by atomic mass is 19.4. The number of hydrogen-bond donors (Lipinski definition) is 2. The van der Waals surface area contributed by atoms with Crippen LogP contribution < -0.4 is 5.32 Å². The Balaban J connectivity index is 1.98. The Morgan fingerprint density at radius 3 is 2.09 bits per heavy atom. The Bertz CT molecular complexity index is 1160. The van der Waals surface area contributed by atoms with E-state index in [1.807, 2.05) is 0 Å². The average molecular weight is 468 g/mol. The van der Waals surface area contributed by atoms with E-state index in [0.717, 1.165) is 0 Å². The number of aromatic hydroxyl groups is 1. The minimum atomic E-state index is -4.95. The van der Waals surface area contributed by atoms with E-state index in [-0.39, 0.29) is 35.1 Å². The van der Waals surface area contributed by atoms with Gasteiger partial charge in [0.1, 0.15) is 5.75 Å². The topological polar surface area (TPSA) is 62.2 Å². The van der Waals surface area contributed by atoms with Gasteiger partial charge in [-0.2, -0.15) is 26.3 Å². The van der Waals surface area contributed by atoms with Crippen molar-refractivity contribution in [2.45, 2.75) is 32.6 Å². The Morgan fingerprint density at radius 1 is 0.970 bits per heavy atom. The molecule has 1 amide bonds. The van der Waals surface area contributed by atoms with Gasteiger partial charge < -0.3 is 10.4 Å². The minimum Gasteiger partial charge on any atom is -0.506 e. The number of carbonyl (C=O) groups is 1. The zero-order valence-electron chi connectivity index (χ0n) is 17.4. The first kappa shape index (κ1) is 24.1. The zero-order chi connectivity index (χ0) is 24.6. The number of phenols is 1. The molecule has 0 spiro atoms. The third-order valence-corrected chi connectivity index (χ3v) is 5.19. The number of halogens is 6. The molecule has 3 aromatic rings. The fourth-order valence-corrected chi connectivity index (χ4v) is 3.33. The Kier molecular flexibility index (Phi) is 6.40. The van der Waals surface area contributed by atoms with Crippen LogP contribution in [0, 0.1) is 13.8 Å². The van der Waals surface area contributed by atoms with Crippen molar-refractivity contribution in [3.63, 3.8) is 0 Å². The number of aromatic nitrogens is 1. The highest BCUT2D eigenvalue weighted by Crippen LogP contribution is 2.38. The molecule has 2 aromatic carbocycles. The van der Waals surface area contributed by atoms with Crippen LogP contribution in [-0.4, -0.2) is 16.0 Å². The van der Waals surface area contributed by atoms with Crippen LogP contribution in [0.5, 0.6) is 5.75 Å². The molecule has 1 aromatic heterocycles. The highest BCUT2D eigenvalue weighted by molar-refractivity contribution is 6.05. The maximum absolute atomic E-state index is 13.1. The highest BCUT2D eigenvalue weighted by Gasteiger charge is 2.37. The van der Waals surface area contributed by atoms with E-state index in [1.54, 1.807) is 19.9 Å². The number of rotatable bonds is 4. The number of carbonyl (C=O) groups excluding carboxylic acids is 1. The van der Waals surface area contributed by atoms with Crippen molar-refractivity contribution in [1.82, 2.24) is 4.98 Å². The molecule has 2 N–H and O–H groups in total. The lowest BCUT2D eigenvalue weighted by Crippen LogP contribution is -2.14. The second-order valence-corrected chi connectivity index (χ2v) is 7.47. The summed E-state index contributed by atoms with van der Waals surface area (Å²) in [5, 5.41) is 13.0. The lowest BCUT2D eigenvalue weighted by molar-refractivity contribution is -0.143. The standard InChI is InChI=1S/C23H18F6N2O2/c1-12-13(2)20(31-21(33)15-4-3-5-30-11-15)19(32)9-16(12)6-14-7-17(22(24,25)26)10-18(8-14)23(27,28)29/h3-5,7-11,32H,6H2,1-2H3,(H,31,33). The van der Waals surface area contributed by atoms with Gasteiger partial charge >= 0.3 is 12.4 Å². The molecule has 0 aliphatic rings. The van der Waals surface area contributed by atoms with Gasteiger partial charge in [0, 0.05) is 12.4 Å². The van der Waals surface area contributed by atoms with E-state index in [2.05, 4.69) is 10.3 Å². The molecule has 174 valence electrons. The summed E-state index contributed by atoms with van der Waals surface area (Å²) in [5.41, 5.74) is -1.47. The summed E-state index contributed by atoms with van der Waals surface area (Å²) in [6, 6.07) is 5.66. The van der Waals surface area contributed by atoms with Gasteiger partial charge in [-0.1, -0.05) is 0 Å². The number of nitrogens with one attached hydrogen (secondary N) is 1. The third-order valence-electron chi connectivity index (χ3n) is 5.19. The number of amides is 1. The number of nitrogens with zero attached hydrogens (tertiary/aromatic N) is 1. The maximum atomic E-state index is 13.1. The summed E-state index contributed by atoms with van der Waals surface area (Å²) < 4.78 is 78.9. The molecule has 10 heteroatoms. The summed E-state index contributed by atoms with van der Waals surface area (Å²) in [7, 11) is 0. The number of phenolic OH excluding ortho intramolecular Hbond substituents is 1. The molecule has 0 atom stereocenters. The number of pyridine rings is 1. The Hall–Kier alpha value is -3.56. The SMILES string of the molecule is Cc1c(Cc2cc(C(F)(F)F)cc(C(F)(F)F)c2)cc(O)c(NC(=O)c2cccnc2)c1C. The smallest absolute Gasteiger partial charge is 0.416 e. The summed E-state index contributed by atoms with van der Waals surface area (Å²) in [6.07, 6.45) is -7.39. The van der Waals surface area contributed by atoms with Crippen molar-refractivity contribution in [2.75, 3.05) is 5.32 Å². The van der Waals surface area contributed by atoms with Gasteiger partial charge in [0.2, 0.25) is 0 Å². The van der Waals surface area contributed by atoms with E-state index >= 15 is 0 Å². The van der Waals surface area contributed by atoms with E-state index < -0.39 is 29.4 Å². The molecule has 33 heavy (non-hydrogen) atoms. The molecule has 0 fully saturated rings. The normalized spacial score (nSPS) is 12.0. The molecule has 1 heterocycles. The largest absolute Gasteiger partial charge is 0.506 e. The van der Waals surface area contributed by atoms with Gasteiger partial charge in [-0.3, -0.25) is 9.78 Å². The second kappa shape index (κ2) is 8.76. The molecule has 0 aliphatic carbocycles. The maximum Gasteiger partial charge on any atom is 0.416 e. The molecule has 0 radical (unpaired) electrons. The molecular weight excluding hydrogens is 450 g/mol. The van der Waals surface area contributed by atoms with Gasteiger partial charge in [-0.05, 0) is 78.9 Å². The van der Waals surface area contributed by atoms with Gasteiger partial charge in [-0.15, -0.1) is 0 Å². The quantitative estimate of drug-likeness (QED) is 0.350. The van der Waals surface area contributed by atoms with E-state index in [1.165, 1.54) is 24.5 Å². The van der Waals surface area contributed by atoms with Crippen LogP contribution in [-0.2, 0) is 18.8 Å². The minimum absolute atomic E-state index is 0.0656. The van der Waals surface area contributed by atoms with Crippen LogP contribution in [0.3, 0.4) is 0 Å². The van der Waals surface area contributed by atoms with Gasteiger partial charge in [0.05, 0.1) is 22.4 Å². The number of anilines is 1. The fraction of sp³-hybridized carbons (Fsp3) is 0.217. The summed E-state index contributed by atoms with van der Waals surface area (Å²) in [5.74, 6) is -0.908. The molecule has 0 bridgehead atoms. The van der Waals surface area contributed by atoms with Crippen molar-refractivity contribution < 1.29 is 36.2 Å². The van der Waals surface area contributed by atoms with E-state index in [4.69, 9.17) is 0 Å². The molecule has 0 saturated carbocycles. The van der Waals surface area contributed by atoms with E-state index in [0.29, 0.717) is 28.8 Å². The lowest BCUT2D eigenvalue weighted by atomic mass is 9.93. The number of benzene rings is 2. The average Bonchev–Trinajstić information content (AvgIpc) is 2.74. The Morgan fingerprint density at radius 2 is 1.58 bits per heavy atom. The van der Waals surface area contributed by atoms with Crippen LogP contribution in [0.25, 0.3) is 0 Å². The van der Waals surface area contributed by atoms with Crippen LogP contribution >= 0.6 is 0 Å². The second-order valence-electron chi connectivity index (χ2n) is 7.47. The van der Waals surface area contributed by atoms with Crippen molar-refractivity contribution in [3.8, 4) is 5.75 Å². The molecule has 0 unspecified atom stereocenters. The third kappa shape index (κ3) is 5.44. The molecule has 3 rings (SSSR count). The summed E-state index contributed by atoms with van der Waals surface area (Å²) >= 11 is 0. The molecule has 4 nitrogen and oxygen atoms in total.